The molecule has 1 aliphatic carbocycles. The highest BCUT2D eigenvalue weighted by Gasteiger charge is 2.23. The van der Waals surface area contributed by atoms with Gasteiger partial charge in [-0.25, -0.2) is 4.98 Å². The largest absolute Gasteiger partial charge is 0.493 e. The van der Waals surface area contributed by atoms with Gasteiger partial charge in [0.1, 0.15) is 0 Å². The molecule has 1 amide bonds. The number of nitrogens with zero attached hydrogens (tertiary/aromatic N) is 1. The van der Waals surface area contributed by atoms with E-state index in [1.807, 2.05) is 6.92 Å². The highest BCUT2D eigenvalue weighted by Crippen LogP contribution is 2.34. The Morgan fingerprint density at radius 1 is 1.14 bits per heavy atom. The van der Waals surface area contributed by atoms with Gasteiger partial charge in [-0.1, -0.05) is 51.9 Å². The molecule has 9 nitrogen and oxygen atoms in total. The Hall–Kier alpha value is -2.68. The number of cyclic esters (lactones) is 1. The summed E-state index contributed by atoms with van der Waals surface area (Å²) < 4.78 is 15.2. The van der Waals surface area contributed by atoms with Gasteiger partial charge in [0.05, 0.1) is 13.2 Å². The average Bonchev–Trinajstić information content (AvgIpc) is 3.36. The fourth-order valence-corrected chi connectivity index (χ4v) is 4.74. The summed E-state index contributed by atoms with van der Waals surface area (Å²) in [6, 6.07) is 1.46. The van der Waals surface area contributed by atoms with E-state index in [1.54, 1.807) is 0 Å². The highest BCUT2D eigenvalue weighted by atomic mass is 16.6. The molecule has 37 heavy (non-hydrogen) atoms. The molecule has 9 heteroatoms. The van der Waals surface area contributed by atoms with E-state index < -0.39 is 11.9 Å². The van der Waals surface area contributed by atoms with Crippen molar-refractivity contribution in [2.24, 2.45) is 17.6 Å². The van der Waals surface area contributed by atoms with E-state index in [1.165, 1.54) is 77.7 Å². The molecule has 2 aliphatic rings. The van der Waals surface area contributed by atoms with Gasteiger partial charge in [0.25, 0.3) is 5.91 Å². The molecule has 1 aliphatic heterocycles. The van der Waals surface area contributed by atoms with Gasteiger partial charge < -0.3 is 25.1 Å². The lowest BCUT2D eigenvalue weighted by Crippen LogP contribution is -2.21. The molecular weight excluding hydrogens is 476 g/mol. The molecule has 1 aromatic heterocycles. The van der Waals surface area contributed by atoms with Crippen molar-refractivity contribution in [3.63, 3.8) is 0 Å². The second kappa shape index (κ2) is 18.5. The van der Waals surface area contributed by atoms with Gasteiger partial charge in [-0.05, 0) is 44.4 Å². The van der Waals surface area contributed by atoms with Crippen molar-refractivity contribution in [2.45, 2.75) is 104 Å². The van der Waals surface area contributed by atoms with Gasteiger partial charge in [0, 0.05) is 32.2 Å². The average molecular weight is 523 g/mol. The summed E-state index contributed by atoms with van der Waals surface area (Å²) in [7, 11) is 1.38. The number of primary amides is 1. The van der Waals surface area contributed by atoms with Crippen LogP contribution >= 0.6 is 0 Å². The number of aliphatic hydroxyl groups excluding tert-OH is 1. The third kappa shape index (κ3) is 13.4. The normalized spacial score (nSPS) is 20.3. The lowest BCUT2D eigenvalue weighted by Gasteiger charge is -2.25. The number of aromatic nitrogens is 1. The molecule has 2 atom stereocenters. The van der Waals surface area contributed by atoms with Gasteiger partial charge in [-0.3, -0.25) is 14.4 Å². The zero-order valence-electron chi connectivity index (χ0n) is 23.0. The standard InChI is InChI=1S/C16H28O2.C9H10N2O4.C3H8O/c1-13-11-15(12-14-7-5-6-8-14)9-3-2-4-10-16(17)18-13;1-5(12)15-8-6(14-2)3-4-11-7(8)9(10)13;1-2-3-4/h13-15H,2-12H2,1H3;3-4H,1-2H3,(H2,10,13);4H,2-3H2,1H3. The number of nitrogens with two attached hydrogens (primary N) is 1. The molecule has 0 spiro atoms. The Labute approximate surface area is 221 Å². The molecule has 2 unspecified atom stereocenters. The van der Waals surface area contributed by atoms with E-state index in [9.17, 15) is 14.4 Å². The van der Waals surface area contributed by atoms with Crippen molar-refractivity contribution >= 4 is 17.8 Å². The van der Waals surface area contributed by atoms with Crippen molar-refractivity contribution in [2.75, 3.05) is 13.7 Å². The summed E-state index contributed by atoms with van der Waals surface area (Å²) in [5, 5.41) is 7.88. The maximum atomic E-state index is 11.5. The van der Waals surface area contributed by atoms with Gasteiger partial charge in [-0.15, -0.1) is 0 Å². The Bertz CT molecular complexity index is 823. The lowest BCUT2D eigenvalue weighted by molar-refractivity contribution is -0.149. The molecule has 0 aromatic carbocycles. The van der Waals surface area contributed by atoms with E-state index in [2.05, 4.69) is 11.9 Å². The Kier molecular flexibility index (Phi) is 16.2. The highest BCUT2D eigenvalue weighted by molar-refractivity contribution is 5.95. The molecule has 2 fully saturated rings. The van der Waals surface area contributed by atoms with Crippen LogP contribution in [0.2, 0.25) is 0 Å². The van der Waals surface area contributed by atoms with Gasteiger partial charge >= 0.3 is 11.9 Å². The molecule has 3 N–H and O–H groups in total. The lowest BCUT2D eigenvalue weighted by atomic mass is 9.85. The van der Waals surface area contributed by atoms with Crippen LogP contribution in [0.4, 0.5) is 0 Å². The fourth-order valence-electron chi connectivity index (χ4n) is 4.74. The zero-order chi connectivity index (χ0) is 27.6. The third-order valence-electron chi connectivity index (χ3n) is 6.42. The van der Waals surface area contributed by atoms with E-state index in [0.29, 0.717) is 13.0 Å². The zero-order valence-corrected chi connectivity index (χ0v) is 23.0. The minimum absolute atomic E-state index is 0.0176. The first-order chi connectivity index (χ1) is 17.7. The second-order valence-corrected chi connectivity index (χ2v) is 9.76. The summed E-state index contributed by atoms with van der Waals surface area (Å²) in [6.45, 7) is 5.53. The Morgan fingerprint density at radius 3 is 2.32 bits per heavy atom. The smallest absolute Gasteiger partial charge is 0.308 e. The monoisotopic (exact) mass is 522 g/mol. The van der Waals surface area contributed by atoms with Crippen molar-refractivity contribution in [1.29, 1.82) is 0 Å². The third-order valence-corrected chi connectivity index (χ3v) is 6.42. The number of esters is 2. The van der Waals surface area contributed by atoms with Crippen molar-refractivity contribution in [3.05, 3.63) is 18.0 Å². The van der Waals surface area contributed by atoms with Crippen LogP contribution in [-0.2, 0) is 14.3 Å². The van der Waals surface area contributed by atoms with E-state index in [0.717, 1.165) is 31.1 Å². The Balaban J connectivity index is 0.000000328. The number of hydrogen-bond donors (Lipinski definition) is 2. The van der Waals surface area contributed by atoms with Crippen LogP contribution in [0.25, 0.3) is 0 Å². The number of carbonyl (C=O) groups excluding carboxylic acids is 3. The van der Waals surface area contributed by atoms with Crippen LogP contribution in [0.3, 0.4) is 0 Å². The van der Waals surface area contributed by atoms with Crippen LogP contribution < -0.4 is 15.2 Å². The van der Waals surface area contributed by atoms with E-state index in [-0.39, 0.29) is 29.3 Å². The second-order valence-electron chi connectivity index (χ2n) is 9.76. The van der Waals surface area contributed by atoms with Crippen LogP contribution in [0, 0.1) is 11.8 Å². The first-order valence-corrected chi connectivity index (χ1v) is 13.5. The van der Waals surface area contributed by atoms with Gasteiger partial charge in [0.2, 0.25) is 5.75 Å². The van der Waals surface area contributed by atoms with Crippen molar-refractivity contribution in [3.8, 4) is 11.5 Å². The number of methoxy groups -OCH3 is 1. The Morgan fingerprint density at radius 2 is 1.76 bits per heavy atom. The number of carbonyl (C=O) groups is 3. The van der Waals surface area contributed by atoms with Crippen molar-refractivity contribution < 1.29 is 33.7 Å². The number of pyridine rings is 1. The maximum absolute atomic E-state index is 11.5. The summed E-state index contributed by atoms with van der Waals surface area (Å²) in [6.07, 6.45) is 16.0. The van der Waals surface area contributed by atoms with E-state index >= 15 is 0 Å². The van der Waals surface area contributed by atoms with Crippen LogP contribution in [0.5, 0.6) is 11.5 Å². The maximum Gasteiger partial charge on any atom is 0.308 e. The number of hydrogen-bond acceptors (Lipinski definition) is 8. The minimum Gasteiger partial charge on any atom is -0.493 e. The number of rotatable bonds is 6. The minimum atomic E-state index is -0.787. The van der Waals surface area contributed by atoms with Crippen LogP contribution in [0.15, 0.2) is 12.3 Å². The molecule has 210 valence electrons. The fraction of sp³-hybridized carbons (Fsp3) is 0.714. The number of amides is 1. The first-order valence-electron chi connectivity index (χ1n) is 13.5. The number of aliphatic hydroxyl groups is 1. The summed E-state index contributed by atoms with van der Waals surface area (Å²) >= 11 is 0. The molecule has 1 aromatic rings. The molecule has 1 saturated heterocycles. The number of ether oxygens (including phenoxy) is 3. The topological polar surface area (TPSA) is 138 Å². The van der Waals surface area contributed by atoms with Crippen LogP contribution in [0.1, 0.15) is 108 Å². The summed E-state index contributed by atoms with van der Waals surface area (Å²) in [5.41, 5.74) is 4.93. The predicted molar refractivity (Wildman–Crippen MR) is 141 cm³/mol. The quantitative estimate of drug-likeness (QED) is 0.499. The molecule has 0 bridgehead atoms. The van der Waals surface area contributed by atoms with Crippen molar-refractivity contribution in [1.82, 2.24) is 4.98 Å². The first kappa shape index (κ1) is 32.3. The molecule has 3 rings (SSSR count). The van der Waals surface area contributed by atoms with Crippen LogP contribution in [-0.4, -0.2) is 47.8 Å². The predicted octanol–water partition coefficient (Wildman–Crippen LogP) is 4.97. The molecule has 1 saturated carbocycles. The summed E-state index contributed by atoms with van der Waals surface area (Å²) in [4.78, 5) is 37.0. The molecule has 0 radical (unpaired) electrons. The summed E-state index contributed by atoms with van der Waals surface area (Å²) in [5.74, 6) is 0.571. The van der Waals surface area contributed by atoms with Gasteiger partial charge in [-0.2, -0.15) is 0 Å². The van der Waals surface area contributed by atoms with E-state index in [4.69, 9.17) is 25.1 Å². The molecular formula is C28H46N2O7. The molecule has 2 heterocycles. The SMILES string of the molecule is CC1CC(CC2CCCC2)CCCCCC(=O)O1.CCCO.COc1ccnc(C(N)=O)c1OC(C)=O. The van der Waals surface area contributed by atoms with Gasteiger partial charge in [0.15, 0.2) is 11.4 Å².